The van der Waals surface area contributed by atoms with Crippen LogP contribution in [0, 0.1) is 5.82 Å². The molecule has 11 nitrogen and oxygen atoms in total. The van der Waals surface area contributed by atoms with Gasteiger partial charge in [-0.05, 0) is 52.9 Å². The highest BCUT2D eigenvalue weighted by Crippen LogP contribution is 2.23. The number of hydrogen-bond acceptors (Lipinski definition) is 10. The van der Waals surface area contributed by atoms with E-state index in [1.54, 1.807) is 30.3 Å². The van der Waals surface area contributed by atoms with Crippen LogP contribution in [0.5, 0.6) is 0 Å². The number of halogens is 1. The van der Waals surface area contributed by atoms with Crippen molar-refractivity contribution in [2.75, 3.05) is 16.4 Å². The topological polar surface area (TPSA) is 149 Å². The zero-order valence-corrected chi connectivity index (χ0v) is 17.5. The van der Waals surface area contributed by atoms with Crippen LogP contribution in [0.15, 0.2) is 53.7 Å². The van der Waals surface area contributed by atoms with Crippen LogP contribution in [0.3, 0.4) is 0 Å². The number of anilines is 4. The van der Waals surface area contributed by atoms with E-state index in [-0.39, 0.29) is 23.6 Å². The highest BCUT2D eigenvalue weighted by molar-refractivity contribution is 7.98. The number of thioether (sulfide) groups is 1. The second-order valence-electron chi connectivity index (χ2n) is 6.46. The fourth-order valence-electron chi connectivity index (χ4n) is 2.70. The second kappa shape index (κ2) is 9.34. The van der Waals surface area contributed by atoms with Crippen molar-refractivity contribution in [1.82, 2.24) is 35.2 Å². The lowest BCUT2D eigenvalue weighted by atomic mass is 10.3. The molecule has 0 bridgehead atoms. The molecule has 0 spiro atoms. The SMILES string of the molecule is CC(=O)Nc1cccc(-n2nnnc2SCc2nc(N)nc(Nc3ccc(F)cc3)n2)c1. The zero-order valence-electron chi connectivity index (χ0n) is 16.7. The van der Waals surface area contributed by atoms with Gasteiger partial charge >= 0.3 is 0 Å². The summed E-state index contributed by atoms with van der Waals surface area (Å²) in [6.45, 7) is 1.44. The van der Waals surface area contributed by atoms with E-state index in [2.05, 4.69) is 41.1 Å². The fraction of sp³-hybridized carbons (Fsp3) is 0.105. The van der Waals surface area contributed by atoms with Crippen molar-refractivity contribution in [3.8, 4) is 5.69 Å². The fourth-order valence-corrected chi connectivity index (χ4v) is 3.45. The van der Waals surface area contributed by atoms with Crippen molar-refractivity contribution in [2.24, 2.45) is 0 Å². The van der Waals surface area contributed by atoms with Gasteiger partial charge in [0, 0.05) is 18.3 Å². The molecule has 162 valence electrons. The highest BCUT2D eigenvalue weighted by Gasteiger charge is 2.12. The van der Waals surface area contributed by atoms with Gasteiger partial charge in [0.25, 0.3) is 0 Å². The molecule has 0 saturated carbocycles. The molecular weight excluding hydrogens is 435 g/mol. The number of benzene rings is 2. The first-order valence-corrected chi connectivity index (χ1v) is 10.3. The molecule has 0 aliphatic carbocycles. The third-order valence-electron chi connectivity index (χ3n) is 3.98. The number of nitrogens with zero attached hydrogens (tertiary/aromatic N) is 7. The Bertz CT molecular complexity index is 1250. The molecule has 0 atom stereocenters. The van der Waals surface area contributed by atoms with E-state index in [1.165, 1.54) is 35.5 Å². The summed E-state index contributed by atoms with van der Waals surface area (Å²) in [7, 11) is 0. The van der Waals surface area contributed by atoms with E-state index in [4.69, 9.17) is 5.73 Å². The first kappa shape index (κ1) is 21.1. The number of nitrogens with one attached hydrogen (secondary N) is 2. The average molecular weight is 452 g/mol. The van der Waals surface area contributed by atoms with Crippen LogP contribution >= 0.6 is 11.8 Å². The molecule has 13 heteroatoms. The molecule has 4 aromatic rings. The molecular formula is C19H17FN10OS. The van der Waals surface area contributed by atoms with Gasteiger partial charge in [-0.2, -0.15) is 19.6 Å². The first-order valence-electron chi connectivity index (χ1n) is 9.28. The molecule has 0 aliphatic heterocycles. The van der Waals surface area contributed by atoms with Gasteiger partial charge in [-0.1, -0.05) is 17.8 Å². The molecule has 0 aliphatic rings. The third kappa shape index (κ3) is 5.31. The highest BCUT2D eigenvalue weighted by atomic mass is 32.2. The van der Waals surface area contributed by atoms with E-state index in [1.807, 2.05) is 6.07 Å². The largest absolute Gasteiger partial charge is 0.368 e. The van der Waals surface area contributed by atoms with Crippen LogP contribution < -0.4 is 16.4 Å². The van der Waals surface area contributed by atoms with Gasteiger partial charge in [0.05, 0.1) is 11.4 Å². The lowest BCUT2D eigenvalue weighted by Crippen LogP contribution is -2.07. The lowest BCUT2D eigenvalue weighted by molar-refractivity contribution is -0.114. The molecule has 4 rings (SSSR count). The molecule has 0 fully saturated rings. The predicted octanol–water partition coefficient (Wildman–Crippen LogP) is 2.56. The van der Waals surface area contributed by atoms with Gasteiger partial charge < -0.3 is 16.4 Å². The molecule has 0 saturated heterocycles. The molecule has 1 amide bonds. The van der Waals surface area contributed by atoms with Gasteiger partial charge in [0.15, 0.2) is 0 Å². The maximum Gasteiger partial charge on any atom is 0.232 e. The maximum absolute atomic E-state index is 13.1. The van der Waals surface area contributed by atoms with E-state index in [0.717, 1.165) is 0 Å². The van der Waals surface area contributed by atoms with Gasteiger partial charge in [0.1, 0.15) is 11.6 Å². The predicted molar refractivity (Wildman–Crippen MR) is 117 cm³/mol. The number of carbonyl (C=O) groups is 1. The van der Waals surface area contributed by atoms with Gasteiger partial charge in [-0.15, -0.1) is 5.10 Å². The zero-order chi connectivity index (χ0) is 22.5. The number of carbonyl (C=O) groups excluding carboxylic acids is 1. The van der Waals surface area contributed by atoms with Crippen LogP contribution in [0.25, 0.3) is 5.69 Å². The van der Waals surface area contributed by atoms with E-state index in [9.17, 15) is 9.18 Å². The number of tetrazole rings is 1. The quantitative estimate of drug-likeness (QED) is 0.357. The van der Waals surface area contributed by atoms with Crippen LogP contribution in [-0.2, 0) is 10.5 Å². The molecule has 2 aromatic carbocycles. The number of hydrogen-bond donors (Lipinski definition) is 3. The molecule has 0 unspecified atom stereocenters. The van der Waals surface area contributed by atoms with Crippen molar-refractivity contribution < 1.29 is 9.18 Å². The van der Waals surface area contributed by atoms with Crippen molar-refractivity contribution >= 4 is 40.9 Å². The summed E-state index contributed by atoms with van der Waals surface area (Å²) in [5, 5.41) is 18.0. The summed E-state index contributed by atoms with van der Waals surface area (Å²) in [5.74, 6) is 0.490. The van der Waals surface area contributed by atoms with Crippen LogP contribution in [0.2, 0.25) is 0 Å². The lowest BCUT2D eigenvalue weighted by Gasteiger charge is -2.08. The Kier molecular flexibility index (Phi) is 6.17. The average Bonchev–Trinajstić information content (AvgIpc) is 3.22. The van der Waals surface area contributed by atoms with Crippen molar-refractivity contribution in [1.29, 1.82) is 0 Å². The molecule has 2 aromatic heterocycles. The van der Waals surface area contributed by atoms with Gasteiger partial charge in [-0.25, -0.2) is 4.39 Å². The normalized spacial score (nSPS) is 10.7. The Morgan fingerprint density at radius 2 is 1.94 bits per heavy atom. The summed E-state index contributed by atoms with van der Waals surface area (Å²) in [6.07, 6.45) is 0. The minimum atomic E-state index is -0.344. The molecule has 4 N–H and O–H groups in total. The standard InChI is InChI=1S/C19H17FN10OS/c1-11(31)22-14-3-2-4-15(9-14)30-19(27-28-29-30)32-10-16-24-17(21)26-18(25-16)23-13-7-5-12(20)6-8-13/h2-9H,10H2,1H3,(H,22,31)(H3,21,23,24,25,26). The number of nitrogen functional groups attached to an aromatic ring is 1. The number of aromatic nitrogens is 7. The summed E-state index contributed by atoms with van der Waals surface area (Å²) < 4.78 is 14.6. The summed E-state index contributed by atoms with van der Waals surface area (Å²) in [5.41, 5.74) is 7.73. The van der Waals surface area contributed by atoms with Crippen molar-refractivity contribution in [3.05, 3.63) is 60.2 Å². The molecule has 0 radical (unpaired) electrons. The van der Waals surface area contributed by atoms with Crippen molar-refractivity contribution in [3.63, 3.8) is 0 Å². The monoisotopic (exact) mass is 452 g/mol. The molecule has 2 heterocycles. The van der Waals surface area contributed by atoms with Gasteiger partial charge in [-0.3, -0.25) is 4.79 Å². The Hall–Kier alpha value is -4.13. The van der Waals surface area contributed by atoms with E-state index in [0.29, 0.717) is 33.8 Å². The smallest absolute Gasteiger partial charge is 0.232 e. The Balaban J connectivity index is 1.49. The van der Waals surface area contributed by atoms with E-state index < -0.39 is 0 Å². The van der Waals surface area contributed by atoms with Crippen LogP contribution in [-0.4, -0.2) is 41.1 Å². The molecule has 32 heavy (non-hydrogen) atoms. The third-order valence-corrected chi connectivity index (χ3v) is 4.90. The summed E-state index contributed by atoms with van der Waals surface area (Å²) >= 11 is 1.30. The Morgan fingerprint density at radius 3 is 2.72 bits per heavy atom. The van der Waals surface area contributed by atoms with Crippen LogP contribution in [0.1, 0.15) is 12.7 Å². The summed E-state index contributed by atoms with van der Waals surface area (Å²) in [6, 6.07) is 12.9. The first-order chi connectivity index (χ1) is 15.5. The Morgan fingerprint density at radius 1 is 1.12 bits per heavy atom. The number of rotatable bonds is 7. The number of nitrogens with two attached hydrogens (primary N) is 1. The summed E-state index contributed by atoms with van der Waals surface area (Å²) in [4.78, 5) is 23.9. The minimum absolute atomic E-state index is 0.0443. The van der Waals surface area contributed by atoms with Gasteiger partial charge in [0.2, 0.25) is 23.0 Å². The van der Waals surface area contributed by atoms with Crippen molar-refractivity contribution in [2.45, 2.75) is 17.8 Å². The Labute approximate surface area is 185 Å². The van der Waals surface area contributed by atoms with Crippen LogP contribution in [0.4, 0.5) is 27.7 Å². The van der Waals surface area contributed by atoms with E-state index >= 15 is 0 Å². The number of amides is 1. The second-order valence-corrected chi connectivity index (χ2v) is 7.40. The maximum atomic E-state index is 13.1. The minimum Gasteiger partial charge on any atom is -0.368 e.